The molecule has 0 aliphatic rings. The summed E-state index contributed by atoms with van der Waals surface area (Å²) in [5.74, 6) is 0.0739. The van der Waals surface area contributed by atoms with E-state index in [4.69, 9.17) is 3.87 Å². The van der Waals surface area contributed by atoms with Gasteiger partial charge in [-0.3, -0.25) is 0 Å². The van der Waals surface area contributed by atoms with E-state index in [0.717, 1.165) is 0 Å². The molecular weight excluding hydrogens is 321 g/mol. The highest BCUT2D eigenvalue weighted by atomic mass is 32.2. The lowest BCUT2D eigenvalue weighted by atomic mass is 10.0. The van der Waals surface area contributed by atoms with Gasteiger partial charge in [-0.15, -0.1) is 0 Å². The molecule has 0 aromatic heterocycles. The molecule has 0 aliphatic carbocycles. The average molecular weight is 349 g/mol. The second kappa shape index (κ2) is 6.58. The van der Waals surface area contributed by atoms with Gasteiger partial charge in [0.15, 0.2) is 0 Å². The highest BCUT2D eigenvalue weighted by Gasteiger charge is 2.54. The van der Waals surface area contributed by atoms with E-state index < -0.39 is 23.9 Å². The first-order valence-corrected chi connectivity index (χ1v) is 10.9. The second-order valence-electron chi connectivity index (χ2n) is 7.54. The van der Waals surface area contributed by atoms with Crippen molar-refractivity contribution in [3.8, 4) is 0 Å². The molecule has 128 valence electrons. The Labute approximate surface area is 127 Å². The van der Waals surface area contributed by atoms with Gasteiger partial charge in [0.05, 0.1) is 0 Å². The minimum Gasteiger partial charge on any atom is -0.308 e. The van der Waals surface area contributed by atoms with E-state index in [1.807, 2.05) is 34.6 Å². The summed E-state index contributed by atoms with van der Waals surface area (Å²) in [6, 6.07) is 0.752. The first-order valence-electron chi connectivity index (χ1n) is 7.04. The molecule has 1 atom stereocenters. The minimum absolute atomic E-state index is 0.0739. The molecule has 0 radical (unpaired) electrons. The number of rotatable bonds is 6. The van der Waals surface area contributed by atoms with Crippen molar-refractivity contribution in [1.29, 1.82) is 0 Å². The zero-order valence-electron chi connectivity index (χ0n) is 13.8. The van der Waals surface area contributed by atoms with Crippen LogP contribution in [-0.2, 0) is 14.0 Å². The predicted molar refractivity (Wildman–Crippen MR) is 80.8 cm³/mol. The minimum atomic E-state index is -5.56. The summed E-state index contributed by atoms with van der Waals surface area (Å²) in [5, 5.41) is 0. The SMILES string of the molecule is CC(C)C[Si](CC(C)(C)C)(OS(=O)(=O)C(F)(F)F)C(C)C. The van der Waals surface area contributed by atoms with Crippen LogP contribution in [0.4, 0.5) is 13.2 Å². The normalized spacial score (nSPS) is 17.3. The third-order valence-corrected chi connectivity index (χ3v) is 11.2. The molecule has 0 heterocycles. The van der Waals surface area contributed by atoms with Crippen molar-refractivity contribution in [1.82, 2.24) is 0 Å². The van der Waals surface area contributed by atoms with Gasteiger partial charge in [-0.2, -0.15) is 21.6 Å². The van der Waals surface area contributed by atoms with Crippen LogP contribution in [0.5, 0.6) is 0 Å². The van der Waals surface area contributed by atoms with Crippen molar-refractivity contribution in [2.45, 2.75) is 71.6 Å². The quantitative estimate of drug-likeness (QED) is 0.506. The largest absolute Gasteiger partial charge is 0.522 e. The molecule has 0 saturated carbocycles. The average Bonchev–Trinajstić information content (AvgIpc) is 2.09. The van der Waals surface area contributed by atoms with E-state index in [1.54, 1.807) is 13.8 Å². The summed E-state index contributed by atoms with van der Waals surface area (Å²) in [7, 11) is -8.68. The molecular formula is C13H27F3O3SSi. The van der Waals surface area contributed by atoms with Crippen LogP contribution < -0.4 is 0 Å². The van der Waals surface area contributed by atoms with Crippen molar-refractivity contribution >= 4 is 18.4 Å². The van der Waals surface area contributed by atoms with Gasteiger partial charge < -0.3 is 3.87 Å². The smallest absolute Gasteiger partial charge is 0.308 e. The molecule has 0 aromatic rings. The van der Waals surface area contributed by atoms with Gasteiger partial charge in [-0.1, -0.05) is 48.5 Å². The zero-order valence-corrected chi connectivity index (χ0v) is 15.7. The van der Waals surface area contributed by atoms with Gasteiger partial charge in [0, 0.05) is 0 Å². The van der Waals surface area contributed by atoms with Gasteiger partial charge in [-0.25, -0.2) is 0 Å². The van der Waals surface area contributed by atoms with E-state index in [0.29, 0.717) is 12.1 Å². The molecule has 0 aromatic carbocycles. The van der Waals surface area contributed by atoms with E-state index in [9.17, 15) is 21.6 Å². The standard InChI is InChI=1S/C13H27F3O3SSi/c1-10(2)8-21(11(3)4,9-12(5,6)7)19-20(17,18)13(14,15)16/h10-11H,8-9H2,1-7H3. The Morgan fingerprint density at radius 1 is 1.05 bits per heavy atom. The van der Waals surface area contributed by atoms with E-state index in [2.05, 4.69) is 0 Å². The number of halogens is 3. The molecule has 0 saturated heterocycles. The Balaban J connectivity index is 5.79. The van der Waals surface area contributed by atoms with Crippen molar-refractivity contribution in [3.05, 3.63) is 0 Å². The van der Waals surface area contributed by atoms with Crippen molar-refractivity contribution < 1.29 is 25.5 Å². The number of hydrogen-bond acceptors (Lipinski definition) is 3. The Morgan fingerprint density at radius 2 is 1.48 bits per heavy atom. The van der Waals surface area contributed by atoms with Gasteiger partial charge >= 0.3 is 15.6 Å². The number of hydrogen-bond donors (Lipinski definition) is 0. The van der Waals surface area contributed by atoms with Crippen molar-refractivity contribution in [2.24, 2.45) is 11.3 Å². The Kier molecular flexibility index (Phi) is 6.55. The molecule has 0 fully saturated rings. The van der Waals surface area contributed by atoms with Gasteiger partial charge in [0.2, 0.25) is 8.32 Å². The maximum atomic E-state index is 12.7. The molecule has 0 rings (SSSR count). The van der Waals surface area contributed by atoms with Crippen molar-refractivity contribution in [2.75, 3.05) is 0 Å². The zero-order chi connectivity index (χ0) is 17.3. The third kappa shape index (κ3) is 6.28. The van der Waals surface area contributed by atoms with Crippen LogP contribution in [0.3, 0.4) is 0 Å². The van der Waals surface area contributed by atoms with E-state index in [1.165, 1.54) is 0 Å². The summed E-state index contributed by atoms with van der Waals surface area (Å²) < 4.78 is 66.1. The third-order valence-electron chi connectivity index (χ3n) is 3.19. The Hall–Kier alpha value is -0.0831. The van der Waals surface area contributed by atoms with Crippen LogP contribution in [0.1, 0.15) is 48.5 Å². The fourth-order valence-corrected chi connectivity index (χ4v) is 10.1. The van der Waals surface area contributed by atoms with Gasteiger partial charge in [0.25, 0.3) is 0 Å². The van der Waals surface area contributed by atoms with E-state index in [-0.39, 0.29) is 16.9 Å². The van der Waals surface area contributed by atoms with Crippen LogP contribution in [-0.4, -0.2) is 22.2 Å². The maximum Gasteiger partial charge on any atom is 0.522 e. The van der Waals surface area contributed by atoms with Crippen LogP contribution in [0.25, 0.3) is 0 Å². The fourth-order valence-electron chi connectivity index (χ4n) is 2.53. The summed E-state index contributed by atoms with van der Waals surface area (Å²) >= 11 is 0. The highest BCUT2D eigenvalue weighted by Crippen LogP contribution is 2.43. The maximum absolute atomic E-state index is 12.7. The molecule has 3 nitrogen and oxygen atoms in total. The Morgan fingerprint density at radius 3 is 1.71 bits per heavy atom. The van der Waals surface area contributed by atoms with Crippen molar-refractivity contribution in [3.63, 3.8) is 0 Å². The lowest BCUT2D eigenvalue weighted by Gasteiger charge is -2.39. The van der Waals surface area contributed by atoms with Crippen LogP contribution in [0, 0.1) is 11.3 Å². The highest BCUT2D eigenvalue weighted by molar-refractivity contribution is 7.88. The van der Waals surface area contributed by atoms with Crippen LogP contribution >= 0.6 is 0 Å². The van der Waals surface area contributed by atoms with Gasteiger partial charge in [-0.05, 0) is 29.0 Å². The Bertz CT molecular complexity index is 439. The van der Waals surface area contributed by atoms with Crippen LogP contribution in [0.15, 0.2) is 0 Å². The topological polar surface area (TPSA) is 43.4 Å². The second-order valence-corrected chi connectivity index (χ2v) is 13.6. The van der Waals surface area contributed by atoms with Gasteiger partial charge in [0.1, 0.15) is 0 Å². The monoisotopic (exact) mass is 348 g/mol. The summed E-state index contributed by atoms with van der Waals surface area (Å²) in [4.78, 5) is 0. The first-order chi connectivity index (χ1) is 9.02. The molecule has 8 heteroatoms. The molecule has 0 bridgehead atoms. The molecule has 21 heavy (non-hydrogen) atoms. The molecule has 0 aliphatic heterocycles. The summed E-state index contributed by atoms with van der Waals surface area (Å²) in [6.07, 6.45) is 0. The van der Waals surface area contributed by atoms with Crippen LogP contribution in [0.2, 0.25) is 17.6 Å². The number of alkyl halides is 3. The lowest BCUT2D eigenvalue weighted by Crippen LogP contribution is -2.49. The lowest BCUT2D eigenvalue weighted by molar-refractivity contribution is -0.0505. The summed E-state index contributed by atoms with van der Waals surface area (Å²) in [5.41, 5.74) is -5.89. The first kappa shape index (κ1) is 20.9. The van der Waals surface area contributed by atoms with E-state index >= 15 is 0 Å². The molecule has 0 spiro atoms. The molecule has 1 unspecified atom stereocenters. The molecule has 0 N–H and O–H groups in total. The summed E-state index contributed by atoms with van der Waals surface area (Å²) in [6.45, 7) is 12.9. The predicted octanol–water partition coefficient (Wildman–Crippen LogP) is 4.91. The fraction of sp³-hybridized carbons (Fsp3) is 1.00. The molecule has 0 amide bonds.